The van der Waals surface area contributed by atoms with E-state index in [0.29, 0.717) is 11.1 Å². The predicted octanol–water partition coefficient (Wildman–Crippen LogP) is 4.19. The van der Waals surface area contributed by atoms with Crippen molar-refractivity contribution in [3.05, 3.63) is 68.7 Å². The van der Waals surface area contributed by atoms with E-state index in [4.69, 9.17) is 15.6 Å². The Kier molecular flexibility index (Phi) is 6.31. The molecule has 0 fully saturated rings. The molecule has 110 valence electrons. The molecule has 0 bridgehead atoms. The molecular weight excluding hydrogens is 344 g/mol. The Morgan fingerprint density at radius 2 is 1.50 bits per heavy atom. The highest BCUT2D eigenvalue weighted by atomic mass is 79.9. The Balaban J connectivity index is 0.000000224. The molecule has 2 rings (SSSR count). The smallest absolute Gasteiger partial charge is 0.335 e. The number of benzene rings is 2. The molecule has 0 spiro atoms. The van der Waals surface area contributed by atoms with E-state index in [1.165, 1.54) is 18.2 Å². The van der Waals surface area contributed by atoms with E-state index in [2.05, 4.69) is 22.0 Å². The van der Waals surface area contributed by atoms with Crippen molar-refractivity contribution in [1.82, 2.24) is 0 Å². The van der Waals surface area contributed by atoms with Gasteiger partial charge in [0, 0.05) is 4.47 Å². The Morgan fingerprint density at radius 3 is 1.91 bits per heavy atom. The van der Waals surface area contributed by atoms with Crippen molar-refractivity contribution in [3.8, 4) is 12.1 Å². The zero-order chi connectivity index (χ0) is 16.7. The molecule has 1 N–H and O–H groups in total. The minimum atomic E-state index is -0.970. The summed E-state index contributed by atoms with van der Waals surface area (Å²) < 4.78 is 1.02. The van der Waals surface area contributed by atoms with Gasteiger partial charge >= 0.3 is 5.97 Å². The summed E-state index contributed by atoms with van der Waals surface area (Å²) in [6.07, 6.45) is 0. The normalized spacial score (nSPS) is 8.95. The molecule has 0 amide bonds. The van der Waals surface area contributed by atoms with Crippen LogP contribution in [-0.4, -0.2) is 11.1 Å². The van der Waals surface area contributed by atoms with Crippen molar-refractivity contribution >= 4 is 21.9 Å². The Morgan fingerprint density at radius 1 is 1.00 bits per heavy atom. The molecule has 4 nitrogen and oxygen atoms in total. The summed E-state index contributed by atoms with van der Waals surface area (Å²) in [5, 5.41) is 25.7. The minimum Gasteiger partial charge on any atom is -0.478 e. The second-order valence-corrected chi connectivity index (χ2v) is 5.43. The highest BCUT2D eigenvalue weighted by Crippen LogP contribution is 2.14. The van der Waals surface area contributed by atoms with Crippen molar-refractivity contribution in [2.45, 2.75) is 13.8 Å². The number of halogens is 1. The lowest BCUT2D eigenvalue weighted by atomic mass is 10.1. The fraction of sp³-hybridized carbons (Fsp3) is 0.118. The lowest BCUT2D eigenvalue weighted by Crippen LogP contribution is -1.97. The molecule has 2 aromatic rings. The van der Waals surface area contributed by atoms with E-state index in [0.717, 1.165) is 15.6 Å². The Labute approximate surface area is 137 Å². The third-order valence-corrected chi connectivity index (χ3v) is 3.40. The molecule has 0 radical (unpaired) electrons. The van der Waals surface area contributed by atoms with Gasteiger partial charge in [-0.05, 0) is 61.4 Å². The summed E-state index contributed by atoms with van der Waals surface area (Å²) in [5.41, 5.74) is 3.17. The van der Waals surface area contributed by atoms with Gasteiger partial charge in [-0.3, -0.25) is 0 Å². The van der Waals surface area contributed by atoms with Crippen LogP contribution in [0.2, 0.25) is 0 Å². The monoisotopic (exact) mass is 356 g/mol. The molecule has 0 aliphatic carbocycles. The van der Waals surface area contributed by atoms with Crippen molar-refractivity contribution in [1.29, 1.82) is 10.5 Å². The molecule has 5 heteroatoms. The SMILES string of the molecule is Cc1cc(Br)ccc1C#N.Cc1cc(C(=O)O)ccc1C#N. The largest absolute Gasteiger partial charge is 0.478 e. The number of nitriles is 2. The zero-order valence-electron chi connectivity index (χ0n) is 12.1. The molecule has 0 unspecified atom stereocenters. The number of aryl methyl sites for hydroxylation is 2. The maximum absolute atomic E-state index is 10.5. The van der Waals surface area contributed by atoms with Crippen LogP contribution >= 0.6 is 15.9 Å². The van der Waals surface area contributed by atoms with Crippen molar-refractivity contribution in [2.75, 3.05) is 0 Å². The molecule has 22 heavy (non-hydrogen) atoms. The van der Waals surface area contributed by atoms with Crippen LogP contribution in [0.5, 0.6) is 0 Å². The first-order valence-electron chi connectivity index (χ1n) is 6.29. The highest BCUT2D eigenvalue weighted by Gasteiger charge is 2.04. The number of nitrogens with zero attached hydrogens (tertiary/aromatic N) is 2. The predicted molar refractivity (Wildman–Crippen MR) is 86.4 cm³/mol. The van der Waals surface area contributed by atoms with Gasteiger partial charge in [0.05, 0.1) is 28.8 Å². The summed E-state index contributed by atoms with van der Waals surface area (Å²) in [7, 11) is 0. The first-order valence-corrected chi connectivity index (χ1v) is 7.08. The van der Waals surface area contributed by atoms with Crippen LogP contribution in [0.3, 0.4) is 0 Å². The van der Waals surface area contributed by atoms with Gasteiger partial charge in [0.1, 0.15) is 0 Å². The minimum absolute atomic E-state index is 0.214. The first kappa shape index (κ1) is 17.4. The number of rotatable bonds is 1. The molecular formula is C17H13BrN2O2. The average molecular weight is 357 g/mol. The fourth-order valence-corrected chi connectivity index (χ4v) is 2.15. The third-order valence-electron chi connectivity index (χ3n) is 2.90. The number of carbonyl (C=O) groups is 1. The average Bonchev–Trinajstić information content (AvgIpc) is 2.48. The number of carboxylic acid groups (broad SMARTS) is 1. The second-order valence-electron chi connectivity index (χ2n) is 4.52. The summed E-state index contributed by atoms with van der Waals surface area (Å²) in [5.74, 6) is -0.970. The fourth-order valence-electron chi connectivity index (χ4n) is 1.67. The lowest BCUT2D eigenvalue weighted by molar-refractivity contribution is 0.0697. The van der Waals surface area contributed by atoms with Gasteiger partial charge in [-0.15, -0.1) is 0 Å². The standard InChI is InChI=1S/C9H7NO2.C8H6BrN/c1-6-4-7(9(11)12)2-3-8(6)5-10;1-6-4-8(9)3-2-7(6)5-10/h2-4H,1H3,(H,11,12);2-4H,1H3. The summed E-state index contributed by atoms with van der Waals surface area (Å²) >= 11 is 3.32. The topological polar surface area (TPSA) is 84.9 Å². The molecule has 0 saturated heterocycles. The van der Waals surface area contributed by atoms with E-state index in [-0.39, 0.29) is 5.56 Å². The molecule has 0 aliphatic rings. The van der Waals surface area contributed by atoms with E-state index in [9.17, 15) is 4.79 Å². The maximum Gasteiger partial charge on any atom is 0.335 e. The molecule has 0 aromatic heterocycles. The molecule has 0 atom stereocenters. The summed E-state index contributed by atoms with van der Waals surface area (Å²) in [4.78, 5) is 10.5. The quantitative estimate of drug-likeness (QED) is 0.829. The maximum atomic E-state index is 10.5. The number of aromatic carboxylic acids is 1. The van der Waals surface area contributed by atoms with Crippen LogP contribution in [0.4, 0.5) is 0 Å². The van der Waals surface area contributed by atoms with Crippen LogP contribution in [-0.2, 0) is 0 Å². The van der Waals surface area contributed by atoms with E-state index >= 15 is 0 Å². The van der Waals surface area contributed by atoms with Crippen LogP contribution in [0, 0.1) is 36.5 Å². The van der Waals surface area contributed by atoms with Gasteiger partial charge in [0.25, 0.3) is 0 Å². The molecule has 0 saturated carbocycles. The Bertz CT molecular complexity index is 786. The molecule has 0 aliphatic heterocycles. The molecule has 0 heterocycles. The third kappa shape index (κ3) is 4.73. The second kappa shape index (κ2) is 7.97. The van der Waals surface area contributed by atoms with Crippen LogP contribution in [0.15, 0.2) is 40.9 Å². The van der Waals surface area contributed by atoms with E-state index in [1.54, 1.807) is 13.0 Å². The van der Waals surface area contributed by atoms with Crippen LogP contribution in [0.1, 0.15) is 32.6 Å². The van der Waals surface area contributed by atoms with Crippen LogP contribution < -0.4 is 0 Å². The van der Waals surface area contributed by atoms with Gasteiger partial charge in [-0.2, -0.15) is 10.5 Å². The van der Waals surface area contributed by atoms with Crippen LogP contribution in [0.25, 0.3) is 0 Å². The van der Waals surface area contributed by atoms with Gasteiger partial charge in [0.2, 0.25) is 0 Å². The zero-order valence-corrected chi connectivity index (χ0v) is 13.7. The number of carboxylic acids is 1. The van der Waals surface area contributed by atoms with Crippen molar-refractivity contribution < 1.29 is 9.90 Å². The number of hydrogen-bond acceptors (Lipinski definition) is 3. The van der Waals surface area contributed by atoms with Crippen molar-refractivity contribution in [2.24, 2.45) is 0 Å². The Hall–Kier alpha value is -2.63. The summed E-state index contributed by atoms with van der Waals surface area (Å²) in [6, 6.07) is 14.1. The summed E-state index contributed by atoms with van der Waals surface area (Å²) in [6.45, 7) is 3.63. The van der Waals surface area contributed by atoms with Gasteiger partial charge in [-0.25, -0.2) is 4.79 Å². The lowest BCUT2D eigenvalue weighted by Gasteiger charge is -1.97. The highest BCUT2D eigenvalue weighted by molar-refractivity contribution is 9.10. The van der Waals surface area contributed by atoms with Crippen molar-refractivity contribution in [3.63, 3.8) is 0 Å². The van der Waals surface area contributed by atoms with E-state index in [1.807, 2.05) is 25.1 Å². The number of hydrogen-bond donors (Lipinski definition) is 1. The first-order chi connectivity index (χ1) is 10.4. The van der Waals surface area contributed by atoms with Gasteiger partial charge in [0.15, 0.2) is 0 Å². The van der Waals surface area contributed by atoms with E-state index < -0.39 is 5.97 Å². The van der Waals surface area contributed by atoms with Gasteiger partial charge in [-0.1, -0.05) is 15.9 Å². The molecule has 2 aromatic carbocycles. The van der Waals surface area contributed by atoms with Gasteiger partial charge < -0.3 is 5.11 Å².